The second kappa shape index (κ2) is 9.48. The fraction of sp³-hybridized carbons (Fsp3) is 0.150. The average Bonchev–Trinajstić information content (AvgIpc) is 3.11. The van der Waals surface area contributed by atoms with Crippen LogP contribution in [0.3, 0.4) is 0 Å². The van der Waals surface area contributed by atoms with Crippen molar-refractivity contribution in [1.82, 2.24) is 9.78 Å². The zero-order valence-corrected chi connectivity index (χ0v) is 17.6. The molecule has 144 valence electrons. The van der Waals surface area contributed by atoms with E-state index in [9.17, 15) is 4.79 Å². The van der Waals surface area contributed by atoms with Crippen molar-refractivity contribution in [2.75, 3.05) is 17.2 Å². The van der Waals surface area contributed by atoms with Gasteiger partial charge in [0.25, 0.3) is 0 Å². The van der Waals surface area contributed by atoms with Gasteiger partial charge in [-0.3, -0.25) is 4.68 Å². The predicted molar refractivity (Wildman–Crippen MR) is 118 cm³/mol. The molecule has 0 amide bonds. The molecule has 0 bridgehead atoms. The number of carbonyl (C=O) groups is 1. The molecule has 0 radical (unpaired) electrons. The van der Waals surface area contributed by atoms with Gasteiger partial charge in [0.05, 0.1) is 18.7 Å². The molecule has 3 rings (SSSR count). The first-order valence-electron chi connectivity index (χ1n) is 8.66. The summed E-state index contributed by atoms with van der Waals surface area (Å²) in [6, 6.07) is 16.9. The summed E-state index contributed by atoms with van der Waals surface area (Å²) < 4.78 is 7.85. The Balaban J connectivity index is 1.54. The number of carbonyl (C=O) groups excluding carboxylic acids is 1. The average molecular weight is 459 g/mol. The topological polar surface area (TPSA) is 68.2 Å². The van der Waals surface area contributed by atoms with Crippen LogP contribution in [0.4, 0.5) is 11.5 Å². The number of hydrogen-bond donors (Lipinski definition) is 2. The van der Waals surface area contributed by atoms with E-state index in [2.05, 4.69) is 31.7 Å². The van der Waals surface area contributed by atoms with E-state index in [1.807, 2.05) is 41.2 Å². The van der Waals surface area contributed by atoms with Crippen molar-refractivity contribution >= 4 is 50.7 Å². The molecule has 0 aliphatic heterocycles. The van der Waals surface area contributed by atoms with Gasteiger partial charge in [-0.25, -0.2) is 4.79 Å². The van der Waals surface area contributed by atoms with Gasteiger partial charge in [-0.1, -0.05) is 28.1 Å². The number of esters is 1. The Morgan fingerprint density at radius 3 is 2.50 bits per heavy atom. The van der Waals surface area contributed by atoms with Crippen LogP contribution < -0.4 is 10.6 Å². The fourth-order valence-corrected chi connectivity index (χ4v) is 2.96. The summed E-state index contributed by atoms with van der Waals surface area (Å²) in [6.45, 7) is 2.80. The molecule has 2 aromatic carbocycles. The van der Waals surface area contributed by atoms with Crippen molar-refractivity contribution in [3.8, 4) is 0 Å². The largest absolute Gasteiger partial charge is 0.462 e. The highest BCUT2D eigenvalue weighted by Crippen LogP contribution is 2.14. The number of nitrogens with zero attached hydrogens (tertiary/aromatic N) is 2. The number of halogens is 1. The number of nitrogens with one attached hydrogen (secondary N) is 2. The molecule has 0 aliphatic rings. The normalized spacial score (nSPS) is 10.4. The van der Waals surface area contributed by atoms with Gasteiger partial charge in [-0.2, -0.15) is 5.10 Å². The first-order chi connectivity index (χ1) is 13.5. The number of benzene rings is 2. The highest BCUT2D eigenvalue weighted by atomic mass is 79.9. The molecule has 28 heavy (non-hydrogen) atoms. The van der Waals surface area contributed by atoms with Crippen LogP contribution in [0.5, 0.6) is 0 Å². The van der Waals surface area contributed by atoms with Crippen LogP contribution >= 0.6 is 28.1 Å². The summed E-state index contributed by atoms with van der Waals surface area (Å²) in [7, 11) is 0. The van der Waals surface area contributed by atoms with E-state index in [0.717, 1.165) is 15.7 Å². The van der Waals surface area contributed by atoms with Gasteiger partial charge in [-0.05, 0) is 61.1 Å². The van der Waals surface area contributed by atoms with Gasteiger partial charge in [0.15, 0.2) is 10.9 Å². The van der Waals surface area contributed by atoms with Gasteiger partial charge in [-0.15, -0.1) is 0 Å². The van der Waals surface area contributed by atoms with E-state index in [1.54, 1.807) is 31.2 Å². The SMILES string of the molecule is CCOC(=O)c1ccc(NC(=S)Nc2ccn(Cc3ccc(Br)cc3)n2)cc1. The van der Waals surface area contributed by atoms with Crippen molar-refractivity contribution in [3.63, 3.8) is 0 Å². The molecule has 1 aromatic heterocycles. The van der Waals surface area contributed by atoms with Crippen LogP contribution in [0.2, 0.25) is 0 Å². The summed E-state index contributed by atoms with van der Waals surface area (Å²) in [4.78, 5) is 11.7. The molecular formula is C20H19BrN4O2S. The lowest BCUT2D eigenvalue weighted by molar-refractivity contribution is 0.0526. The van der Waals surface area contributed by atoms with Crippen LogP contribution in [-0.2, 0) is 11.3 Å². The molecule has 0 atom stereocenters. The number of hydrogen-bond acceptors (Lipinski definition) is 4. The quantitative estimate of drug-likeness (QED) is 0.412. The molecule has 1 heterocycles. The maximum atomic E-state index is 11.7. The molecule has 0 saturated heterocycles. The summed E-state index contributed by atoms with van der Waals surface area (Å²) >= 11 is 8.76. The minimum Gasteiger partial charge on any atom is -0.462 e. The Bertz CT molecular complexity index is 955. The summed E-state index contributed by atoms with van der Waals surface area (Å²) in [5, 5.41) is 11.0. The Morgan fingerprint density at radius 2 is 1.82 bits per heavy atom. The maximum absolute atomic E-state index is 11.7. The minimum absolute atomic E-state index is 0.342. The third-order valence-electron chi connectivity index (χ3n) is 3.79. The Kier molecular flexibility index (Phi) is 6.78. The van der Waals surface area contributed by atoms with Gasteiger partial charge >= 0.3 is 5.97 Å². The molecular weight excluding hydrogens is 440 g/mol. The van der Waals surface area contributed by atoms with E-state index < -0.39 is 0 Å². The zero-order chi connectivity index (χ0) is 19.9. The molecule has 0 saturated carbocycles. The summed E-state index contributed by atoms with van der Waals surface area (Å²) in [5.74, 6) is 0.309. The van der Waals surface area contributed by atoms with Crippen LogP contribution in [0.1, 0.15) is 22.8 Å². The fourth-order valence-electron chi connectivity index (χ4n) is 2.48. The minimum atomic E-state index is -0.342. The van der Waals surface area contributed by atoms with Crippen molar-refractivity contribution in [2.45, 2.75) is 13.5 Å². The summed E-state index contributed by atoms with van der Waals surface area (Å²) in [5.41, 5.74) is 2.41. The van der Waals surface area contributed by atoms with Gasteiger partial charge in [0.2, 0.25) is 0 Å². The van der Waals surface area contributed by atoms with Crippen molar-refractivity contribution in [1.29, 1.82) is 0 Å². The summed E-state index contributed by atoms with van der Waals surface area (Å²) in [6.07, 6.45) is 1.89. The molecule has 8 heteroatoms. The second-order valence-corrected chi connectivity index (χ2v) is 7.23. The van der Waals surface area contributed by atoms with Crippen LogP contribution in [0, 0.1) is 0 Å². The van der Waals surface area contributed by atoms with E-state index >= 15 is 0 Å². The first-order valence-corrected chi connectivity index (χ1v) is 9.86. The molecule has 0 unspecified atom stereocenters. The van der Waals surface area contributed by atoms with Crippen molar-refractivity contribution in [2.24, 2.45) is 0 Å². The van der Waals surface area contributed by atoms with Gasteiger partial charge in [0.1, 0.15) is 0 Å². The highest BCUT2D eigenvalue weighted by molar-refractivity contribution is 9.10. The third kappa shape index (κ3) is 5.64. The van der Waals surface area contributed by atoms with Crippen LogP contribution in [0.25, 0.3) is 0 Å². The zero-order valence-electron chi connectivity index (χ0n) is 15.2. The maximum Gasteiger partial charge on any atom is 0.338 e. The molecule has 6 nitrogen and oxygen atoms in total. The third-order valence-corrected chi connectivity index (χ3v) is 4.53. The number of ether oxygens (including phenoxy) is 1. The molecule has 2 N–H and O–H groups in total. The van der Waals surface area contributed by atoms with Crippen LogP contribution in [0.15, 0.2) is 65.3 Å². The lowest BCUT2D eigenvalue weighted by Crippen LogP contribution is -2.19. The Hall–Kier alpha value is -2.71. The number of thiocarbonyl (C=S) groups is 1. The second-order valence-electron chi connectivity index (χ2n) is 5.90. The smallest absolute Gasteiger partial charge is 0.338 e. The molecule has 0 fully saturated rings. The van der Waals surface area contributed by atoms with E-state index in [1.165, 1.54) is 0 Å². The standard InChI is InChI=1S/C20H19BrN4O2S/c1-2-27-19(26)15-5-9-17(10-6-15)22-20(28)23-18-11-12-25(24-18)13-14-3-7-16(21)8-4-14/h3-12H,2,13H2,1H3,(H2,22,23,24,28). The Morgan fingerprint density at radius 1 is 1.11 bits per heavy atom. The van der Waals surface area contributed by atoms with Crippen LogP contribution in [-0.4, -0.2) is 27.5 Å². The monoisotopic (exact) mass is 458 g/mol. The Labute approximate surface area is 177 Å². The number of rotatable bonds is 6. The van der Waals surface area contributed by atoms with Crippen molar-refractivity contribution < 1.29 is 9.53 Å². The predicted octanol–water partition coefficient (Wildman–Crippen LogP) is 4.68. The lowest BCUT2D eigenvalue weighted by Gasteiger charge is -2.09. The molecule has 0 spiro atoms. The van der Waals surface area contributed by atoms with E-state index in [0.29, 0.717) is 29.6 Å². The lowest BCUT2D eigenvalue weighted by atomic mass is 10.2. The molecule has 0 aliphatic carbocycles. The van der Waals surface area contributed by atoms with E-state index in [4.69, 9.17) is 17.0 Å². The van der Waals surface area contributed by atoms with Gasteiger partial charge in [0, 0.05) is 22.4 Å². The number of aromatic nitrogens is 2. The highest BCUT2D eigenvalue weighted by Gasteiger charge is 2.07. The van der Waals surface area contributed by atoms with Gasteiger partial charge < -0.3 is 15.4 Å². The molecule has 3 aromatic rings. The van der Waals surface area contributed by atoms with E-state index in [-0.39, 0.29) is 5.97 Å². The number of anilines is 2. The van der Waals surface area contributed by atoms with Crippen molar-refractivity contribution in [3.05, 3.63) is 76.4 Å². The first kappa shape index (κ1) is 20.0.